The summed E-state index contributed by atoms with van der Waals surface area (Å²) in [6.45, 7) is 0.616. The third-order valence-corrected chi connectivity index (χ3v) is 3.28. The Morgan fingerprint density at radius 3 is 2.75 bits per heavy atom. The second kappa shape index (κ2) is 5.77. The van der Waals surface area contributed by atoms with Crippen molar-refractivity contribution in [1.82, 2.24) is 4.98 Å². The van der Waals surface area contributed by atoms with E-state index in [4.69, 9.17) is 4.74 Å². The van der Waals surface area contributed by atoms with E-state index in [1.807, 2.05) is 0 Å². The molecule has 2 heterocycles. The van der Waals surface area contributed by atoms with Gasteiger partial charge in [-0.25, -0.2) is 9.59 Å². The van der Waals surface area contributed by atoms with Crippen molar-refractivity contribution >= 4 is 17.8 Å². The van der Waals surface area contributed by atoms with Crippen LogP contribution in [0.1, 0.15) is 23.2 Å². The summed E-state index contributed by atoms with van der Waals surface area (Å²) in [7, 11) is 2.67. The lowest BCUT2D eigenvalue weighted by Gasteiger charge is -2.23. The predicted octanol–water partition coefficient (Wildman–Crippen LogP) is 0.930. The highest BCUT2D eigenvalue weighted by molar-refractivity contribution is 5.92. The maximum Gasteiger partial charge on any atom is 0.343 e. The van der Waals surface area contributed by atoms with Crippen LogP contribution < -0.4 is 9.64 Å². The van der Waals surface area contributed by atoms with Crippen LogP contribution in [0.2, 0.25) is 0 Å². The van der Waals surface area contributed by atoms with Crippen LogP contribution in [-0.2, 0) is 9.53 Å². The normalized spacial score (nSPS) is 17.9. The number of rotatable bonds is 4. The van der Waals surface area contributed by atoms with Gasteiger partial charge in [0, 0.05) is 6.54 Å². The standard InChI is InChI=1S/C13H16N2O5/c1-19-11-8(13(18)20-2)5-6-10(14-11)15-7-3-4-9(15)12(16)17/h5-6,9H,3-4,7H2,1-2H3,(H,16,17). The molecule has 1 N–H and O–H groups in total. The van der Waals surface area contributed by atoms with Crippen molar-refractivity contribution < 1.29 is 24.2 Å². The van der Waals surface area contributed by atoms with Crippen LogP contribution >= 0.6 is 0 Å². The lowest BCUT2D eigenvalue weighted by atomic mass is 10.2. The van der Waals surface area contributed by atoms with Gasteiger partial charge in [-0.05, 0) is 25.0 Å². The molecule has 108 valence electrons. The smallest absolute Gasteiger partial charge is 0.343 e. The lowest BCUT2D eigenvalue weighted by molar-refractivity contribution is -0.138. The summed E-state index contributed by atoms with van der Waals surface area (Å²) in [6.07, 6.45) is 1.37. The molecule has 0 aliphatic carbocycles. The van der Waals surface area contributed by atoms with E-state index in [0.29, 0.717) is 18.8 Å². The minimum absolute atomic E-state index is 0.130. The van der Waals surface area contributed by atoms with Crippen molar-refractivity contribution in [2.75, 3.05) is 25.7 Å². The minimum atomic E-state index is -0.875. The van der Waals surface area contributed by atoms with Gasteiger partial charge in [0.15, 0.2) is 0 Å². The SMILES string of the molecule is COC(=O)c1ccc(N2CCCC2C(=O)O)nc1OC. The highest BCUT2D eigenvalue weighted by Crippen LogP contribution is 2.27. The van der Waals surface area contributed by atoms with Gasteiger partial charge >= 0.3 is 11.9 Å². The van der Waals surface area contributed by atoms with Crippen molar-refractivity contribution in [2.24, 2.45) is 0 Å². The number of carboxylic acids is 1. The van der Waals surface area contributed by atoms with Gasteiger partial charge in [0.2, 0.25) is 5.88 Å². The number of pyridine rings is 1. The number of hydrogen-bond donors (Lipinski definition) is 1. The van der Waals surface area contributed by atoms with Crippen LogP contribution in [0.25, 0.3) is 0 Å². The molecule has 1 aromatic heterocycles. The second-order valence-corrected chi connectivity index (χ2v) is 4.41. The van der Waals surface area contributed by atoms with Crippen molar-refractivity contribution in [3.05, 3.63) is 17.7 Å². The monoisotopic (exact) mass is 280 g/mol. The number of carbonyl (C=O) groups excluding carboxylic acids is 1. The molecule has 1 fully saturated rings. The quantitative estimate of drug-likeness (QED) is 0.820. The van der Waals surface area contributed by atoms with Gasteiger partial charge in [0.05, 0.1) is 14.2 Å². The van der Waals surface area contributed by atoms with Crippen molar-refractivity contribution in [2.45, 2.75) is 18.9 Å². The zero-order chi connectivity index (χ0) is 14.7. The molecule has 1 unspecified atom stereocenters. The molecule has 20 heavy (non-hydrogen) atoms. The third kappa shape index (κ3) is 2.52. The van der Waals surface area contributed by atoms with Gasteiger partial charge in [-0.15, -0.1) is 0 Å². The molecule has 0 spiro atoms. The van der Waals surface area contributed by atoms with E-state index in [2.05, 4.69) is 9.72 Å². The second-order valence-electron chi connectivity index (χ2n) is 4.41. The number of carbonyl (C=O) groups is 2. The van der Waals surface area contributed by atoms with Crippen LogP contribution in [0.15, 0.2) is 12.1 Å². The van der Waals surface area contributed by atoms with Crippen LogP contribution in [-0.4, -0.2) is 48.8 Å². The highest BCUT2D eigenvalue weighted by atomic mass is 16.5. The fraction of sp³-hybridized carbons (Fsp3) is 0.462. The van der Waals surface area contributed by atoms with Gasteiger partial charge in [-0.2, -0.15) is 4.98 Å². The average molecular weight is 280 g/mol. The number of esters is 1. The molecule has 1 atom stereocenters. The zero-order valence-electron chi connectivity index (χ0n) is 11.3. The number of anilines is 1. The van der Waals surface area contributed by atoms with E-state index in [9.17, 15) is 14.7 Å². The number of aliphatic carboxylic acids is 1. The van der Waals surface area contributed by atoms with E-state index in [-0.39, 0.29) is 11.4 Å². The first-order valence-electron chi connectivity index (χ1n) is 6.21. The summed E-state index contributed by atoms with van der Waals surface area (Å²) >= 11 is 0. The Balaban J connectivity index is 2.34. The van der Waals surface area contributed by atoms with Crippen LogP contribution in [0, 0.1) is 0 Å². The fourth-order valence-corrected chi connectivity index (χ4v) is 2.31. The molecule has 0 aromatic carbocycles. The van der Waals surface area contributed by atoms with Crippen LogP contribution in [0.3, 0.4) is 0 Å². The Morgan fingerprint density at radius 1 is 1.40 bits per heavy atom. The van der Waals surface area contributed by atoms with Gasteiger partial charge < -0.3 is 19.5 Å². The molecule has 1 aromatic rings. The molecular weight excluding hydrogens is 264 g/mol. The highest BCUT2D eigenvalue weighted by Gasteiger charge is 2.32. The molecule has 0 bridgehead atoms. The summed E-state index contributed by atoms with van der Waals surface area (Å²) in [5, 5.41) is 9.18. The van der Waals surface area contributed by atoms with E-state index in [0.717, 1.165) is 6.42 Å². The molecule has 0 amide bonds. The molecule has 0 saturated carbocycles. The molecule has 0 radical (unpaired) electrons. The molecule has 2 rings (SSSR count). The summed E-state index contributed by atoms with van der Waals surface area (Å²) < 4.78 is 9.72. The van der Waals surface area contributed by atoms with E-state index < -0.39 is 18.0 Å². The molecule has 1 aliphatic heterocycles. The Kier molecular flexibility index (Phi) is 4.07. The van der Waals surface area contributed by atoms with Gasteiger partial charge in [0.1, 0.15) is 17.4 Å². The number of carboxylic acid groups (broad SMARTS) is 1. The summed E-state index contributed by atoms with van der Waals surface area (Å²) in [6, 6.07) is 2.55. The maximum atomic E-state index is 11.5. The average Bonchev–Trinajstić information content (AvgIpc) is 2.95. The minimum Gasteiger partial charge on any atom is -0.480 e. The Labute approximate surface area is 116 Å². The van der Waals surface area contributed by atoms with Gasteiger partial charge in [0.25, 0.3) is 0 Å². The van der Waals surface area contributed by atoms with Gasteiger partial charge in [-0.1, -0.05) is 0 Å². The van der Waals surface area contributed by atoms with Crippen molar-refractivity contribution in [1.29, 1.82) is 0 Å². The van der Waals surface area contributed by atoms with E-state index in [1.54, 1.807) is 11.0 Å². The number of aromatic nitrogens is 1. The number of ether oxygens (including phenoxy) is 2. The Hall–Kier alpha value is -2.31. The number of methoxy groups -OCH3 is 2. The topological polar surface area (TPSA) is 89.0 Å². The lowest BCUT2D eigenvalue weighted by Crippen LogP contribution is -2.36. The molecule has 7 nitrogen and oxygen atoms in total. The maximum absolute atomic E-state index is 11.5. The fourth-order valence-electron chi connectivity index (χ4n) is 2.31. The van der Waals surface area contributed by atoms with Crippen molar-refractivity contribution in [3.8, 4) is 5.88 Å². The molecule has 1 saturated heterocycles. The van der Waals surface area contributed by atoms with Crippen molar-refractivity contribution in [3.63, 3.8) is 0 Å². The van der Waals surface area contributed by atoms with E-state index in [1.165, 1.54) is 20.3 Å². The molecule has 7 heteroatoms. The third-order valence-electron chi connectivity index (χ3n) is 3.28. The zero-order valence-corrected chi connectivity index (χ0v) is 11.3. The largest absolute Gasteiger partial charge is 0.480 e. The van der Waals surface area contributed by atoms with Crippen LogP contribution in [0.5, 0.6) is 5.88 Å². The summed E-state index contributed by atoms with van der Waals surface area (Å²) in [5.41, 5.74) is 0.213. The number of nitrogens with zero attached hydrogens (tertiary/aromatic N) is 2. The molecule has 1 aliphatic rings. The summed E-state index contributed by atoms with van der Waals surface area (Å²) in [4.78, 5) is 28.6. The summed E-state index contributed by atoms with van der Waals surface area (Å²) in [5.74, 6) is -0.804. The predicted molar refractivity (Wildman–Crippen MR) is 70.1 cm³/mol. The van der Waals surface area contributed by atoms with E-state index >= 15 is 0 Å². The first-order chi connectivity index (χ1) is 9.58. The Bertz CT molecular complexity index is 531. The first-order valence-corrected chi connectivity index (χ1v) is 6.21. The van der Waals surface area contributed by atoms with Gasteiger partial charge in [-0.3, -0.25) is 0 Å². The number of hydrogen-bond acceptors (Lipinski definition) is 6. The van der Waals surface area contributed by atoms with Crippen LogP contribution in [0.4, 0.5) is 5.82 Å². The molecular formula is C13H16N2O5. The first kappa shape index (κ1) is 14.1. The Morgan fingerprint density at radius 2 is 2.15 bits per heavy atom.